The van der Waals surface area contributed by atoms with E-state index in [2.05, 4.69) is 10.4 Å². The standard InChI is InChI=1S/C20H20ClN3O3/c1-13-11-15(7-8-19(13)27-10-9-25)22-20(26)17-12-14(2)24(23-17)18-6-4-3-5-16(18)21/h3-8,11-12,25H,9-10H2,1-2H3,(H,22,26). The van der Waals surface area contributed by atoms with Crippen LogP contribution >= 0.6 is 11.6 Å². The molecule has 140 valence electrons. The summed E-state index contributed by atoms with van der Waals surface area (Å²) in [4.78, 5) is 12.6. The smallest absolute Gasteiger partial charge is 0.276 e. The number of carbonyl (C=O) groups excluding carboxylic acids is 1. The topological polar surface area (TPSA) is 76.4 Å². The molecule has 0 fully saturated rings. The molecule has 0 unspecified atom stereocenters. The SMILES string of the molecule is Cc1cc(NC(=O)c2cc(C)n(-c3ccccc3Cl)n2)ccc1OCCO. The number of hydrogen-bond acceptors (Lipinski definition) is 4. The minimum absolute atomic E-state index is 0.0502. The van der Waals surface area contributed by atoms with Gasteiger partial charge in [-0.1, -0.05) is 23.7 Å². The molecule has 0 saturated carbocycles. The zero-order chi connectivity index (χ0) is 19.4. The lowest BCUT2D eigenvalue weighted by Gasteiger charge is -2.10. The molecule has 1 amide bonds. The van der Waals surface area contributed by atoms with Crippen LogP contribution in [0.15, 0.2) is 48.5 Å². The lowest BCUT2D eigenvalue weighted by Crippen LogP contribution is -2.13. The van der Waals surface area contributed by atoms with Crippen LogP contribution in [0.5, 0.6) is 5.75 Å². The Balaban J connectivity index is 1.78. The highest BCUT2D eigenvalue weighted by molar-refractivity contribution is 6.32. The molecule has 1 aromatic heterocycles. The van der Waals surface area contributed by atoms with E-state index in [4.69, 9.17) is 21.4 Å². The number of carbonyl (C=O) groups is 1. The lowest BCUT2D eigenvalue weighted by atomic mass is 10.2. The van der Waals surface area contributed by atoms with E-state index in [0.717, 1.165) is 16.9 Å². The predicted octanol–water partition coefficient (Wildman–Crippen LogP) is 3.77. The van der Waals surface area contributed by atoms with Gasteiger partial charge in [0.25, 0.3) is 5.91 Å². The molecule has 0 atom stereocenters. The molecule has 2 N–H and O–H groups in total. The Labute approximate surface area is 162 Å². The fourth-order valence-electron chi connectivity index (χ4n) is 2.69. The lowest BCUT2D eigenvalue weighted by molar-refractivity contribution is 0.102. The molecule has 0 spiro atoms. The average Bonchev–Trinajstić information content (AvgIpc) is 3.03. The van der Waals surface area contributed by atoms with Gasteiger partial charge in [0.05, 0.1) is 17.3 Å². The zero-order valence-corrected chi connectivity index (χ0v) is 15.8. The number of anilines is 1. The highest BCUT2D eigenvalue weighted by Crippen LogP contribution is 2.24. The molecule has 0 bridgehead atoms. The first-order chi connectivity index (χ1) is 13.0. The van der Waals surface area contributed by atoms with Crippen molar-refractivity contribution in [1.29, 1.82) is 0 Å². The molecule has 0 saturated heterocycles. The van der Waals surface area contributed by atoms with Gasteiger partial charge in [0, 0.05) is 11.4 Å². The second-order valence-electron chi connectivity index (χ2n) is 6.04. The molecule has 2 aromatic carbocycles. The van der Waals surface area contributed by atoms with E-state index < -0.39 is 0 Å². The molecule has 7 heteroatoms. The second-order valence-corrected chi connectivity index (χ2v) is 6.45. The van der Waals surface area contributed by atoms with E-state index >= 15 is 0 Å². The van der Waals surface area contributed by atoms with Crippen molar-refractivity contribution in [2.75, 3.05) is 18.5 Å². The minimum Gasteiger partial charge on any atom is -0.491 e. The number of nitrogens with zero attached hydrogens (tertiary/aromatic N) is 2. The Kier molecular flexibility index (Phi) is 5.78. The number of halogens is 1. The van der Waals surface area contributed by atoms with Crippen molar-refractivity contribution in [1.82, 2.24) is 9.78 Å². The van der Waals surface area contributed by atoms with Gasteiger partial charge in [0.15, 0.2) is 5.69 Å². The van der Waals surface area contributed by atoms with Crippen LogP contribution in [-0.2, 0) is 0 Å². The number of ether oxygens (including phenoxy) is 1. The van der Waals surface area contributed by atoms with E-state index in [1.807, 2.05) is 38.1 Å². The fraction of sp³-hybridized carbons (Fsp3) is 0.200. The summed E-state index contributed by atoms with van der Waals surface area (Å²) in [7, 11) is 0. The van der Waals surface area contributed by atoms with Gasteiger partial charge in [0.2, 0.25) is 0 Å². The summed E-state index contributed by atoms with van der Waals surface area (Å²) < 4.78 is 7.07. The van der Waals surface area contributed by atoms with Crippen LogP contribution in [0, 0.1) is 13.8 Å². The summed E-state index contributed by atoms with van der Waals surface area (Å²) in [6.07, 6.45) is 0. The van der Waals surface area contributed by atoms with Crippen LogP contribution in [0.2, 0.25) is 5.02 Å². The van der Waals surface area contributed by atoms with Crippen LogP contribution < -0.4 is 10.1 Å². The largest absolute Gasteiger partial charge is 0.491 e. The molecule has 0 aliphatic heterocycles. The Morgan fingerprint density at radius 1 is 1.22 bits per heavy atom. The third-order valence-corrected chi connectivity index (χ3v) is 4.30. The third kappa shape index (κ3) is 4.30. The van der Waals surface area contributed by atoms with Gasteiger partial charge in [-0.3, -0.25) is 4.79 Å². The van der Waals surface area contributed by atoms with Crippen LogP contribution in [0.25, 0.3) is 5.69 Å². The van der Waals surface area contributed by atoms with Crippen LogP contribution in [0.4, 0.5) is 5.69 Å². The van der Waals surface area contributed by atoms with Crippen molar-refractivity contribution in [2.45, 2.75) is 13.8 Å². The number of benzene rings is 2. The molecule has 0 radical (unpaired) electrons. The highest BCUT2D eigenvalue weighted by Gasteiger charge is 2.15. The molecule has 6 nitrogen and oxygen atoms in total. The Morgan fingerprint density at radius 2 is 2.00 bits per heavy atom. The first-order valence-corrected chi connectivity index (χ1v) is 8.84. The van der Waals surface area contributed by atoms with Crippen molar-refractivity contribution in [3.05, 3.63) is 70.5 Å². The average molecular weight is 386 g/mol. The number of aryl methyl sites for hydroxylation is 2. The summed E-state index contributed by atoms with van der Waals surface area (Å²) in [5, 5.41) is 16.6. The van der Waals surface area contributed by atoms with Gasteiger partial charge < -0.3 is 15.2 Å². The van der Waals surface area contributed by atoms with E-state index in [-0.39, 0.29) is 19.1 Å². The minimum atomic E-state index is -0.313. The van der Waals surface area contributed by atoms with Gasteiger partial charge in [-0.15, -0.1) is 0 Å². The highest BCUT2D eigenvalue weighted by atomic mass is 35.5. The summed E-state index contributed by atoms with van der Waals surface area (Å²) in [6, 6.07) is 14.4. The maximum Gasteiger partial charge on any atom is 0.276 e. The normalized spacial score (nSPS) is 10.7. The molecule has 0 aliphatic carbocycles. The Bertz CT molecular complexity index is 969. The second kappa shape index (κ2) is 8.24. The summed E-state index contributed by atoms with van der Waals surface area (Å²) in [5.74, 6) is 0.355. The van der Waals surface area contributed by atoms with E-state index in [1.165, 1.54) is 0 Å². The zero-order valence-electron chi connectivity index (χ0n) is 15.1. The Morgan fingerprint density at radius 3 is 2.70 bits per heavy atom. The van der Waals surface area contributed by atoms with Gasteiger partial charge in [0.1, 0.15) is 12.4 Å². The molecular formula is C20H20ClN3O3. The molecule has 3 aromatic rings. The maximum atomic E-state index is 12.6. The molecule has 0 aliphatic rings. The number of aliphatic hydroxyl groups is 1. The number of amides is 1. The van der Waals surface area contributed by atoms with E-state index in [0.29, 0.717) is 22.2 Å². The van der Waals surface area contributed by atoms with Gasteiger partial charge in [-0.05, 0) is 55.8 Å². The first-order valence-electron chi connectivity index (χ1n) is 8.47. The van der Waals surface area contributed by atoms with E-state index in [9.17, 15) is 4.79 Å². The number of aliphatic hydroxyl groups excluding tert-OH is 1. The summed E-state index contributed by atoms with van der Waals surface area (Å²) >= 11 is 6.23. The summed E-state index contributed by atoms with van der Waals surface area (Å²) in [5.41, 5.74) is 3.32. The monoisotopic (exact) mass is 385 g/mol. The Hall–Kier alpha value is -2.83. The molecular weight excluding hydrogens is 366 g/mol. The number of hydrogen-bond donors (Lipinski definition) is 2. The molecule has 1 heterocycles. The fourth-order valence-corrected chi connectivity index (χ4v) is 2.91. The maximum absolute atomic E-state index is 12.6. The van der Waals surface area contributed by atoms with Crippen molar-refractivity contribution in [2.24, 2.45) is 0 Å². The summed E-state index contributed by atoms with van der Waals surface area (Å²) in [6.45, 7) is 3.92. The number of rotatable bonds is 6. The van der Waals surface area contributed by atoms with E-state index in [1.54, 1.807) is 28.9 Å². The van der Waals surface area contributed by atoms with Crippen LogP contribution in [-0.4, -0.2) is 34.0 Å². The number of para-hydroxylation sites is 1. The van der Waals surface area contributed by atoms with Crippen molar-refractivity contribution < 1.29 is 14.6 Å². The van der Waals surface area contributed by atoms with Crippen LogP contribution in [0.3, 0.4) is 0 Å². The molecule has 3 rings (SSSR count). The van der Waals surface area contributed by atoms with Gasteiger partial charge in [-0.25, -0.2) is 4.68 Å². The van der Waals surface area contributed by atoms with Gasteiger partial charge in [-0.2, -0.15) is 5.10 Å². The predicted molar refractivity (Wildman–Crippen MR) is 105 cm³/mol. The van der Waals surface area contributed by atoms with Crippen molar-refractivity contribution in [3.63, 3.8) is 0 Å². The van der Waals surface area contributed by atoms with Crippen molar-refractivity contribution in [3.8, 4) is 11.4 Å². The number of nitrogens with one attached hydrogen (secondary N) is 1. The quantitative estimate of drug-likeness (QED) is 0.677. The third-order valence-electron chi connectivity index (χ3n) is 3.98. The molecule has 27 heavy (non-hydrogen) atoms. The first kappa shape index (κ1) is 18.9. The van der Waals surface area contributed by atoms with Crippen molar-refractivity contribution >= 4 is 23.2 Å². The van der Waals surface area contributed by atoms with Crippen LogP contribution in [0.1, 0.15) is 21.7 Å². The number of aromatic nitrogens is 2. The van der Waals surface area contributed by atoms with Gasteiger partial charge >= 0.3 is 0 Å².